The number of pyridine rings is 1. The number of carbonyl (C=O) groups is 1. The molecule has 3 aromatic rings. The van der Waals surface area contributed by atoms with Crippen molar-refractivity contribution in [1.82, 2.24) is 24.8 Å². The smallest absolute Gasteiger partial charge is 0.310 e. The van der Waals surface area contributed by atoms with E-state index in [1.54, 1.807) is 17.3 Å². The molecule has 1 unspecified atom stereocenters. The van der Waals surface area contributed by atoms with Gasteiger partial charge >= 0.3 is 5.91 Å². The molecule has 0 N–H and O–H groups in total. The molecule has 0 aromatic carbocycles. The molecule has 3 aromatic heterocycles. The van der Waals surface area contributed by atoms with E-state index in [2.05, 4.69) is 19.9 Å². The number of hydrogen-bond acceptors (Lipinski definition) is 6. The van der Waals surface area contributed by atoms with Crippen LogP contribution in [0.5, 0.6) is 0 Å². The van der Waals surface area contributed by atoms with Crippen LogP contribution in [0.25, 0.3) is 11.5 Å². The van der Waals surface area contributed by atoms with Gasteiger partial charge in [0.05, 0.1) is 17.9 Å². The third-order valence-electron chi connectivity index (χ3n) is 4.18. The zero-order valence-electron chi connectivity index (χ0n) is 13.1. The summed E-state index contributed by atoms with van der Waals surface area (Å²) in [5.74, 6) is 0.498. The van der Waals surface area contributed by atoms with Crippen LogP contribution in [0, 0.1) is 0 Å². The van der Waals surface area contributed by atoms with Crippen molar-refractivity contribution in [3.05, 3.63) is 60.2 Å². The summed E-state index contributed by atoms with van der Waals surface area (Å²) in [6.45, 7) is 2.52. The van der Waals surface area contributed by atoms with Crippen LogP contribution in [0.4, 0.5) is 0 Å². The van der Waals surface area contributed by atoms with E-state index < -0.39 is 0 Å². The highest BCUT2D eigenvalue weighted by molar-refractivity contribution is 5.90. The predicted molar refractivity (Wildman–Crippen MR) is 84.9 cm³/mol. The summed E-state index contributed by atoms with van der Waals surface area (Å²) in [6.07, 6.45) is 7.04. The minimum Gasteiger partial charge on any atom is -0.441 e. The van der Waals surface area contributed by atoms with Gasteiger partial charge in [-0.2, -0.15) is 0 Å². The van der Waals surface area contributed by atoms with Gasteiger partial charge in [0.15, 0.2) is 5.82 Å². The number of oxazole rings is 1. The zero-order valence-corrected chi connectivity index (χ0v) is 13.1. The summed E-state index contributed by atoms with van der Waals surface area (Å²) in [5.41, 5.74) is 2.64. The van der Waals surface area contributed by atoms with Crippen molar-refractivity contribution in [3.8, 4) is 11.5 Å². The second-order valence-corrected chi connectivity index (χ2v) is 5.57. The quantitative estimate of drug-likeness (QED) is 0.720. The fourth-order valence-corrected chi connectivity index (χ4v) is 2.91. The lowest BCUT2D eigenvalue weighted by Crippen LogP contribution is -2.39. The van der Waals surface area contributed by atoms with Gasteiger partial charge in [0.1, 0.15) is 12.0 Å². The molecule has 1 aliphatic heterocycles. The van der Waals surface area contributed by atoms with Crippen LogP contribution in [0.1, 0.15) is 34.9 Å². The molecule has 1 aliphatic rings. The van der Waals surface area contributed by atoms with Crippen LogP contribution in [-0.4, -0.2) is 37.3 Å². The van der Waals surface area contributed by atoms with Gasteiger partial charge in [0.2, 0.25) is 0 Å². The first-order valence-corrected chi connectivity index (χ1v) is 7.71. The molecule has 7 nitrogen and oxygen atoms in total. The Morgan fingerprint density at radius 3 is 2.92 bits per heavy atom. The monoisotopic (exact) mass is 321 g/mol. The van der Waals surface area contributed by atoms with Crippen LogP contribution in [-0.2, 0) is 6.42 Å². The highest BCUT2D eigenvalue weighted by atomic mass is 16.4. The Morgan fingerprint density at radius 1 is 1.25 bits per heavy atom. The molecule has 0 radical (unpaired) electrons. The van der Waals surface area contributed by atoms with E-state index in [1.165, 1.54) is 12.5 Å². The second-order valence-electron chi connectivity index (χ2n) is 5.57. The standard InChI is InChI=1S/C17H15N5O2/c1-11-12-10-20-15(14-4-2-3-6-18-14)21-13(12)5-8-22(11)17(23)16-19-7-9-24-16/h2-4,6-7,9-11H,5,8H2,1H3. The largest absolute Gasteiger partial charge is 0.441 e. The molecule has 0 bridgehead atoms. The van der Waals surface area contributed by atoms with Gasteiger partial charge < -0.3 is 9.32 Å². The van der Waals surface area contributed by atoms with Crippen molar-refractivity contribution in [2.45, 2.75) is 19.4 Å². The first-order valence-electron chi connectivity index (χ1n) is 7.71. The predicted octanol–water partition coefficient (Wildman–Crippen LogP) is 2.29. The Hall–Kier alpha value is -3.09. The lowest BCUT2D eigenvalue weighted by molar-refractivity contribution is 0.0634. The highest BCUT2D eigenvalue weighted by Gasteiger charge is 2.31. The lowest BCUT2D eigenvalue weighted by Gasteiger charge is -2.33. The molecule has 4 rings (SSSR count). The number of hydrogen-bond donors (Lipinski definition) is 0. The molecular formula is C17H15N5O2. The summed E-state index contributed by atoms with van der Waals surface area (Å²) in [6, 6.07) is 5.51. The summed E-state index contributed by atoms with van der Waals surface area (Å²) < 4.78 is 5.12. The van der Waals surface area contributed by atoms with Crippen molar-refractivity contribution in [2.24, 2.45) is 0 Å². The van der Waals surface area contributed by atoms with E-state index >= 15 is 0 Å². The zero-order chi connectivity index (χ0) is 16.5. The average molecular weight is 321 g/mol. The van der Waals surface area contributed by atoms with Gasteiger partial charge in [-0.15, -0.1) is 0 Å². The fourth-order valence-electron chi connectivity index (χ4n) is 2.91. The van der Waals surface area contributed by atoms with Crippen molar-refractivity contribution >= 4 is 5.91 Å². The molecule has 24 heavy (non-hydrogen) atoms. The minimum atomic E-state index is -0.216. The van der Waals surface area contributed by atoms with E-state index in [0.29, 0.717) is 18.8 Å². The third kappa shape index (κ3) is 2.44. The number of rotatable bonds is 2. The van der Waals surface area contributed by atoms with Crippen LogP contribution < -0.4 is 0 Å². The van der Waals surface area contributed by atoms with Crippen molar-refractivity contribution in [1.29, 1.82) is 0 Å². The van der Waals surface area contributed by atoms with Crippen molar-refractivity contribution in [2.75, 3.05) is 6.54 Å². The first kappa shape index (κ1) is 14.5. The Labute approximate surface area is 138 Å². The Morgan fingerprint density at radius 2 is 2.17 bits per heavy atom. The van der Waals surface area contributed by atoms with Crippen LogP contribution in [0.2, 0.25) is 0 Å². The molecule has 4 heterocycles. The van der Waals surface area contributed by atoms with Gasteiger partial charge in [0, 0.05) is 30.9 Å². The summed E-state index contributed by atoms with van der Waals surface area (Å²) in [5, 5.41) is 0. The number of fused-ring (bicyclic) bond motifs is 1. The second kappa shape index (κ2) is 5.84. The number of nitrogens with zero attached hydrogens (tertiary/aromatic N) is 5. The molecule has 0 spiro atoms. The third-order valence-corrected chi connectivity index (χ3v) is 4.18. The van der Waals surface area contributed by atoms with Crippen molar-refractivity contribution < 1.29 is 9.21 Å². The normalized spacial score (nSPS) is 16.7. The molecule has 1 atom stereocenters. The van der Waals surface area contributed by atoms with Gasteiger partial charge in [-0.05, 0) is 19.1 Å². The molecule has 0 saturated heterocycles. The summed E-state index contributed by atoms with van der Waals surface area (Å²) in [7, 11) is 0. The molecule has 7 heteroatoms. The van der Waals surface area contributed by atoms with Gasteiger partial charge in [-0.3, -0.25) is 9.78 Å². The summed E-state index contributed by atoms with van der Waals surface area (Å²) in [4.78, 5) is 31.5. The van der Waals surface area contributed by atoms with Gasteiger partial charge in [0.25, 0.3) is 5.89 Å². The van der Waals surface area contributed by atoms with Crippen molar-refractivity contribution in [3.63, 3.8) is 0 Å². The van der Waals surface area contributed by atoms with E-state index in [0.717, 1.165) is 17.0 Å². The maximum atomic E-state index is 12.5. The topological polar surface area (TPSA) is 85.0 Å². The number of aromatic nitrogens is 4. The van der Waals surface area contributed by atoms with Crippen LogP contribution in [0.15, 0.2) is 47.5 Å². The van der Waals surface area contributed by atoms with E-state index in [1.807, 2.05) is 25.1 Å². The maximum Gasteiger partial charge on any atom is 0.310 e. The summed E-state index contributed by atoms with van der Waals surface area (Å²) >= 11 is 0. The molecule has 1 amide bonds. The molecular weight excluding hydrogens is 306 g/mol. The minimum absolute atomic E-state index is 0.108. The maximum absolute atomic E-state index is 12.5. The van der Waals surface area contributed by atoms with Crippen LogP contribution in [0.3, 0.4) is 0 Å². The van der Waals surface area contributed by atoms with E-state index in [-0.39, 0.29) is 17.8 Å². The molecule has 0 saturated carbocycles. The SMILES string of the molecule is CC1c2cnc(-c3ccccn3)nc2CCN1C(=O)c1ncco1. The van der Waals surface area contributed by atoms with Crippen LogP contribution >= 0.6 is 0 Å². The van der Waals surface area contributed by atoms with Gasteiger partial charge in [-0.25, -0.2) is 15.0 Å². The fraction of sp³-hybridized carbons (Fsp3) is 0.235. The van der Waals surface area contributed by atoms with Gasteiger partial charge in [-0.1, -0.05) is 6.07 Å². The number of amides is 1. The molecule has 0 fully saturated rings. The molecule has 0 aliphatic carbocycles. The molecule has 120 valence electrons. The Balaban J connectivity index is 1.64. The lowest BCUT2D eigenvalue weighted by atomic mass is 9.99. The Kier molecular flexibility index (Phi) is 3.53. The first-order chi connectivity index (χ1) is 11.7. The van der Waals surface area contributed by atoms with E-state index in [9.17, 15) is 4.79 Å². The number of carbonyl (C=O) groups excluding carboxylic acids is 1. The van der Waals surface area contributed by atoms with E-state index in [4.69, 9.17) is 4.42 Å². The average Bonchev–Trinajstić information content (AvgIpc) is 3.17. The Bertz CT molecular complexity index is 864. The highest BCUT2D eigenvalue weighted by Crippen LogP contribution is 2.29.